The van der Waals surface area contributed by atoms with Crippen molar-refractivity contribution < 1.29 is 27.4 Å². The molecule has 4 nitrogen and oxygen atoms in total. The van der Waals surface area contributed by atoms with E-state index in [0.29, 0.717) is 5.52 Å². The Morgan fingerprint density at radius 2 is 1.81 bits per heavy atom. The summed E-state index contributed by atoms with van der Waals surface area (Å²) in [7, 11) is 3.07. The first kappa shape index (κ1) is 17.8. The van der Waals surface area contributed by atoms with Gasteiger partial charge in [-0.3, -0.25) is 0 Å². The van der Waals surface area contributed by atoms with Crippen molar-refractivity contribution in [3.63, 3.8) is 0 Å². The maximum atomic E-state index is 12.4. The van der Waals surface area contributed by atoms with Gasteiger partial charge in [-0.1, -0.05) is 30.3 Å². The van der Waals surface area contributed by atoms with E-state index in [9.17, 15) is 18.0 Å². The molecule has 0 spiro atoms. The number of alkyl halides is 3. The molecule has 0 saturated carbocycles. The van der Waals surface area contributed by atoms with Crippen molar-refractivity contribution >= 4 is 16.9 Å². The number of rotatable bonds is 4. The number of halogens is 3. The second-order valence-electron chi connectivity index (χ2n) is 5.75. The lowest BCUT2D eigenvalue weighted by molar-refractivity contribution is -0.161. The number of carbonyl (C=O) groups is 1. The minimum atomic E-state index is -4.60. The van der Waals surface area contributed by atoms with E-state index in [4.69, 9.17) is 4.74 Å². The second kappa shape index (κ2) is 6.74. The van der Waals surface area contributed by atoms with Gasteiger partial charge in [-0.25, -0.2) is 4.79 Å². The Morgan fingerprint density at radius 1 is 1.12 bits per heavy atom. The molecule has 136 valence electrons. The average molecular weight is 363 g/mol. The van der Waals surface area contributed by atoms with Crippen molar-refractivity contribution in [1.29, 1.82) is 0 Å². The van der Waals surface area contributed by atoms with Gasteiger partial charge in [0.25, 0.3) is 0 Å². The fourth-order valence-electron chi connectivity index (χ4n) is 2.92. The highest BCUT2D eigenvalue weighted by Gasteiger charge is 2.31. The van der Waals surface area contributed by atoms with E-state index in [2.05, 4.69) is 4.74 Å². The molecule has 2 aromatic carbocycles. The van der Waals surface area contributed by atoms with Gasteiger partial charge in [-0.2, -0.15) is 13.2 Å². The highest BCUT2D eigenvalue weighted by molar-refractivity contribution is 6.10. The van der Waals surface area contributed by atoms with Gasteiger partial charge in [0.05, 0.1) is 12.6 Å². The Balaban J connectivity index is 2.15. The highest BCUT2D eigenvalue weighted by Crippen LogP contribution is 2.36. The molecule has 0 radical (unpaired) electrons. The van der Waals surface area contributed by atoms with Crippen LogP contribution in [0.4, 0.5) is 13.2 Å². The van der Waals surface area contributed by atoms with Crippen LogP contribution in [-0.2, 0) is 11.8 Å². The van der Waals surface area contributed by atoms with Gasteiger partial charge in [0.15, 0.2) is 6.61 Å². The zero-order valence-corrected chi connectivity index (χ0v) is 14.1. The zero-order chi connectivity index (χ0) is 18.9. The SMILES string of the molecule is COc1ccc2c(-c3ccccc3)cn(C)c2c1C(=O)OCC(F)(F)F. The fourth-order valence-corrected chi connectivity index (χ4v) is 2.92. The maximum absolute atomic E-state index is 12.4. The molecule has 0 atom stereocenters. The third-order valence-electron chi connectivity index (χ3n) is 3.98. The van der Waals surface area contributed by atoms with Crippen LogP contribution in [0.3, 0.4) is 0 Å². The lowest BCUT2D eigenvalue weighted by atomic mass is 10.0. The van der Waals surface area contributed by atoms with E-state index in [0.717, 1.165) is 16.5 Å². The first-order valence-corrected chi connectivity index (χ1v) is 7.77. The van der Waals surface area contributed by atoms with Gasteiger partial charge in [-0.15, -0.1) is 0 Å². The van der Waals surface area contributed by atoms with Crippen LogP contribution in [0.2, 0.25) is 0 Å². The van der Waals surface area contributed by atoms with Crippen molar-refractivity contribution in [1.82, 2.24) is 4.57 Å². The number of ether oxygens (including phenoxy) is 2. The lowest BCUT2D eigenvalue weighted by Crippen LogP contribution is -2.21. The van der Waals surface area contributed by atoms with Crippen LogP contribution in [-0.4, -0.2) is 30.4 Å². The van der Waals surface area contributed by atoms with Gasteiger partial charge >= 0.3 is 12.1 Å². The molecule has 0 bridgehead atoms. The van der Waals surface area contributed by atoms with E-state index in [-0.39, 0.29) is 11.3 Å². The molecule has 0 aliphatic heterocycles. The molecule has 0 unspecified atom stereocenters. The standard InChI is InChI=1S/C19H16F3NO3/c1-23-10-14(12-6-4-3-5-7-12)13-8-9-15(25-2)16(17(13)23)18(24)26-11-19(20,21)22/h3-10H,11H2,1-2H3. The number of fused-ring (bicyclic) bond motifs is 1. The van der Waals surface area contributed by atoms with Crippen LogP contribution in [0.25, 0.3) is 22.0 Å². The van der Waals surface area contributed by atoms with Crippen molar-refractivity contribution in [3.8, 4) is 16.9 Å². The van der Waals surface area contributed by atoms with Crippen molar-refractivity contribution in [3.05, 3.63) is 54.2 Å². The first-order chi connectivity index (χ1) is 12.3. The number of methoxy groups -OCH3 is 1. The molecule has 0 fully saturated rings. The monoisotopic (exact) mass is 363 g/mol. The fraction of sp³-hybridized carbons (Fsp3) is 0.211. The second-order valence-corrected chi connectivity index (χ2v) is 5.75. The summed E-state index contributed by atoms with van der Waals surface area (Å²) in [6.45, 7) is -1.65. The zero-order valence-electron chi connectivity index (χ0n) is 14.1. The molecule has 1 heterocycles. The molecule has 3 aromatic rings. The maximum Gasteiger partial charge on any atom is 0.422 e. The van der Waals surface area contributed by atoms with E-state index in [1.807, 2.05) is 36.5 Å². The quantitative estimate of drug-likeness (QED) is 0.638. The van der Waals surface area contributed by atoms with Crippen molar-refractivity contribution in [2.45, 2.75) is 6.18 Å². The van der Waals surface area contributed by atoms with Crippen LogP contribution < -0.4 is 4.74 Å². The number of aromatic nitrogens is 1. The molecule has 0 N–H and O–H groups in total. The number of esters is 1. The third-order valence-corrected chi connectivity index (χ3v) is 3.98. The Hall–Kier alpha value is -2.96. The minimum absolute atomic E-state index is 0.0288. The smallest absolute Gasteiger partial charge is 0.422 e. The van der Waals surface area contributed by atoms with Gasteiger partial charge in [0, 0.05) is 24.2 Å². The molecule has 7 heteroatoms. The summed E-state index contributed by atoms with van der Waals surface area (Å²) in [5.41, 5.74) is 2.21. The summed E-state index contributed by atoms with van der Waals surface area (Å²) in [6.07, 6.45) is -2.78. The molecule has 26 heavy (non-hydrogen) atoms. The Morgan fingerprint density at radius 3 is 2.42 bits per heavy atom. The van der Waals surface area contributed by atoms with E-state index >= 15 is 0 Å². The summed E-state index contributed by atoms with van der Waals surface area (Å²) < 4.78 is 48.6. The normalized spacial score (nSPS) is 11.6. The lowest BCUT2D eigenvalue weighted by Gasteiger charge is -2.12. The number of hydrogen-bond donors (Lipinski definition) is 0. The highest BCUT2D eigenvalue weighted by atomic mass is 19.4. The predicted molar refractivity (Wildman–Crippen MR) is 91.2 cm³/mol. The van der Waals surface area contributed by atoms with E-state index < -0.39 is 18.8 Å². The first-order valence-electron chi connectivity index (χ1n) is 7.77. The number of hydrogen-bond acceptors (Lipinski definition) is 3. The van der Waals surface area contributed by atoms with Crippen LogP contribution in [0.15, 0.2) is 48.7 Å². The van der Waals surface area contributed by atoms with Gasteiger partial charge in [0.1, 0.15) is 11.3 Å². The number of carbonyl (C=O) groups excluding carboxylic acids is 1. The molecule has 3 rings (SSSR count). The van der Waals surface area contributed by atoms with Gasteiger partial charge in [0.2, 0.25) is 0 Å². The molecule has 0 aliphatic carbocycles. The van der Waals surface area contributed by atoms with Crippen LogP contribution in [0.5, 0.6) is 5.75 Å². The predicted octanol–water partition coefficient (Wildman–Crippen LogP) is 4.57. The Labute approximate surface area is 147 Å². The minimum Gasteiger partial charge on any atom is -0.496 e. The average Bonchev–Trinajstić information content (AvgIpc) is 2.96. The van der Waals surface area contributed by atoms with Crippen LogP contribution >= 0.6 is 0 Å². The summed E-state index contributed by atoms with van der Waals surface area (Å²) >= 11 is 0. The summed E-state index contributed by atoms with van der Waals surface area (Å²) in [5, 5.41) is 0.721. The van der Waals surface area contributed by atoms with E-state index in [1.165, 1.54) is 7.11 Å². The molecule has 0 saturated heterocycles. The molecular weight excluding hydrogens is 347 g/mol. The Kier molecular flexibility index (Phi) is 4.63. The molecule has 0 aliphatic rings. The van der Waals surface area contributed by atoms with Crippen molar-refractivity contribution in [2.24, 2.45) is 7.05 Å². The summed E-state index contributed by atoms with van der Waals surface area (Å²) in [4.78, 5) is 12.4. The summed E-state index contributed by atoms with van der Waals surface area (Å²) in [5.74, 6) is -0.920. The molecular formula is C19H16F3NO3. The number of nitrogens with zero attached hydrogens (tertiary/aromatic N) is 1. The molecule has 1 aromatic heterocycles. The van der Waals surface area contributed by atoms with Gasteiger partial charge in [-0.05, 0) is 17.7 Å². The van der Waals surface area contributed by atoms with Gasteiger partial charge < -0.3 is 14.0 Å². The van der Waals surface area contributed by atoms with E-state index in [1.54, 1.807) is 23.7 Å². The Bertz CT molecular complexity index is 946. The largest absolute Gasteiger partial charge is 0.496 e. The summed E-state index contributed by atoms with van der Waals surface area (Å²) in [6, 6.07) is 12.8. The molecule has 0 amide bonds. The van der Waals surface area contributed by atoms with Crippen molar-refractivity contribution in [2.75, 3.05) is 13.7 Å². The van der Waals surface area contributed by atoms with Crippen LogP contribution in [0.1, 0.15) is 10.4 Å². The number of aryl methyl sites for hydroxylation is 1. The van der Waals surface area contributed by atoms with Crippen LogP contribution in [0, 0.1) is 0 Å². The third kappa shape index (κ3) is 3.37. The topological polar surface area (TPSA) is 40.5 Å². The number of benzene rings is 2.